The fraction of sp³-hybridized carbons (Fsp3) is 0.111. The minimum absolute atomic E-state index is 0.325. The topological polar surface area (TPSA) is 115 Å². The first-order chi connectivity index (χ1) is 13.5. The smallest absolute Gasteiger partial charge is 0.321 e. The number of nitrogens with two attached hydrogens (primary N) is 1. The Balaban J connectivity index is 1.90. The highest BCUT2D eigenvalue weighted by Crippen LogP contribution is 2.35. The van der Waals surface area contributed by atoms with Crippen LogP contribution in [0.4, 0.5) is 4.79 Å². The van der Waals surface area contributed by atoms with Gasteiger partial charge in [-0.15, -0.1) is 10.2 Å². The van der Waals surface area contributed by atoms with Crippen LogP contribution in [0.25, 0.3) is 11.4 Å². The number of urea groups is 1. The predicted molar refractivity (Wildman–Crippen MR) is 108 cm³/mol. The molecule has 28 heavy (non-hydrogen) atoms. The Morgan fingerprint density at radius 2 is 1.79 bits per heavy atom. The summed E-state index contributed by atoms with van der Waals surface area (Å²) < 4.78 is 1.30. The van der Waals surface area contributed by atoms with Gasteiger partial charge in [-0.2, -0.15) is 0 Å². The number of nitrogens with one attached hydrogen (secondary N) is 2. The summed E-state index contributed by atoms with van der Waals surface area (Å²) in [5, 5.41) is 13.0. The number of nitrogen functional groups attached to an aromatic ring is 1. The van der Waals surface area contributed by atoms with Gasteiger partial charge in [-0.3, -0.25) is 10.1 Å². The summed E-state index contributed by atoms with van der Waals surface area (Å²) in [5.74, 6) is 6.09. The summed E-state index contributed by atoms with van der Waals surface area (Å²) in [6, 6.07) is 15.4. The number of thioether (sulfide) groups is 1. The van der Waals surface area contributed by atoms with Crippen LogP contribution >= 0.6 is 23.4 Å². The van der Waals surface area contributed by atoms with Crippen molar-refractivity contribution in [1.82, 2.24) is 25.5 Å². The second-order valence-electron chi connectivity index (χ2n) is 5.66. The molecule has 3 aromatic rings. The normalized spacial score (nSPS) is 11.6. The van der Waals surface area contributed by atoms with E-state index in [-0.39, 0.29) is 0 Å². The molecule has 3 amide bonds. The van der Waals surface area contributed by atoms with E-state index < -0.39 is 17.2 Å². The second kappa shape index (κ2) is 8.77. The van der Waals surface area contributed by atoms with Crippen LogP contribution in [0.15, 0.2) is 59.8 Å². The van der Waals surface area contributed by atoms with Crippen LogP contribution in [0, 0.1) is 0 Å². The molecule has 2 aromatic carbocycles. The van der Waals surface area contributed by atoms with Crippen molar-refractivity contribution in [3.8, 4) is 11.4 Å². The molecule has 1 aromatic heterocycles. The molecule has 0 aliphatic heterocycles. The minimum Gasteiger partial charge on any atom is -0.341 e. The number of carbonyl (C=O) groups is 2. The number of rotatable bonds is 5. The molecule has 0 aliphatic rings. The molecule has 1 atom stereocenters. The van der Waals surface area contributed by atoms with Crippen LogP contribution in [-0.2, 0) is 4.79 Å². The van der Waals surface area contributed by atoms with Gasteiger partial charge in [0.15, 0.2) is 5.82 Å². The largest absolute Gasteiger partial charge is 0.341 e. The van der Waals surface area contributed by atoms with E-state index in [9.17, 15) is 9.59 Å². The van der Waals surface area contributed by atoms with Gasteiger partial charge in [-0.05, 0) is 29.8 Å². The summed E-state index contributed by atoms with van der Waals surface area (Å²) in [6.45, 7) is 0. The van der Waals surface area contributed by atoms with Crippen molar-refractivity contribution in [2.24, 2.45) is 0 Å². The third-order valence-corrected chi connectivity index (χ3v) is 5.26. The fourth-order valence-electron chi connectivity index (χ4n) is 2.40. The molecule has 0 saturated carbocycles. The van der Waals surface area contributed by atoms with E-state index in [4.69, 9.17) is 17.4 Å². The lowest BCUT2D eigenvalue weighted by Crippen LogP contribution is -2.39. The Morgan fingerprint density at radius 1 is 1.11 bits per heavy atom. The first-order valence-electron chi connectivity index (χ1n) is 8.20. The molecule has 0 bridgehead atoms. The van der Waals surface area contributed by atoms with E-state index in [0.29, 0.717) is 21.6 Å². The molecule has 0 spiro atoms. The van der Waals surface area contributed by atoms with Gasteiger partial charge >= 0.3 is 6.03 Å². The van der Waals surface area contributed by atoms with Crippen LogP contribution in [0.2, 0.25) is 5.02 Å². The Labute approximate surface area is 170 Å². The number of halogens is 1. The third-order valence-electron chi connectivity index (χ3n) is 3.79. The van der Waals surface area contributed by atoms with Crippen LogP contribution < -0.4 is 16.5 Å². The standard InChI is InChI=1S/C18H17ClN6O2S/c1-21-17(27)22-16(26)14(11-5-3-2-4-6-11)28-18-24-23-15(25(18)20)12-7-9-13(19)10-8-12/h2-10,14H,20H2,1H3,(H2,21,22,26,27)/t14-/m1/s1. The zero-order valence-electron chi connectivity index (χ0n) is 14.8. The molecular formula is C18H17ClN6O2S. The number of benzene rings is 2. The van der Waals surface area contributed by atoms with Crippen LogP contribution in [0.5, 0.6) is 0 Å². The van der Waals surface area contributed by atoms with Crippen LogP contribution in [0.3, 0.4) is 0 Å². The highest BCUT2D eigenvalue weighted by molar-refractivity contribution is 8.00. The summed E-state index contributed by atoms with van der Waals surface area (Å²) in [4.78, 5) is 24.2. The molecule has 144 valence electrons. The summed E-state index contributed by atoms with van der Waals surface area (Å²) in [5.41, 5.74) is 1.43. The fourth-order valence-corrected chi connectivity index (χ4v) is 3.48. The Morgan fingerprint density at radius 3 is 2.43 bits per heavy atom. The molecule has 3 rings (SSSR count). The lowest BCUT2D eigenvalue weighted by Gasteiger charge is -2.15. The summed E-state index contributed by atoms with van der Waals surface area (Å²) in [6.07, 6.45) is 0. The first kappa shape index (κ1) is 19.7. The van der Waals surface area contributed by atoms with Crippen molar-refractivity contribution in [3.05, 3.63) is 65.2 Å². The van der Waals surface area contributed by atoms with Crippen LogP contribution in [-0.4, -0.2) is 33.9 Å². The van der Waals surface area contributed by atoms with Crippen molar-refractivity contribution in [2.45, 2.75) is 10.4 Å². The Bertz CT molecular complexity index is 978. The minimum atomic E-state index is -0.747. The molecule has 0 unspecified atom stereocenters. The highest BCUT2D eigenvalue weighted by Gasteiger charge is 2.26. The number of hydrogen-bond acceptors (Lipinski definition) is 6. The zero-order chi connectivity index (χ0) is 20.1. The molecule has 0 saturated heterocycles. The third kappa shape index (κ3) is 4.44. The summed E-state index contributed by atoms with van der Waals surface area (Å²) in [7, 11) is 1.43. The maximum atomic E-state index is 12.6. The predicted octanol–water partition coefficient (Wildman–Crippen LogP) is 2.60. The number of amides is 3. The van der Waals surface area contributed by atoms with E-state index in [1.54, 1.807) is 36.4 Å². The van der Waals surface area contributed by atoms with Crippen molar-refractivity contribution in [2.75, 3.05) is 12.9 Å². The van der Waals surface area contributed by atoms with Crippen molar-refractivity contribution in [3.63, 3.8) is 0 Å². The monoisotopic (exact) mass is 416 g/mol. The highest BCUT2D eigenvalue weighted by atomic mass is 35.5. The lowest BCUT2D eigenvalue weighted by atomic mass is 10.1. The van der Waals surface area contributed by atoms with Crippen LogP contribution in [0.1, 0.15) is 10.8 Å². The first-order valence-corrected chi connectivity index (χ1v) is 9.46. The molecule has 0 aliphatic carbocycles. The van der Waals surface area contributed by atoms with Crippen molar-refractivity contribution in [1.29, 1.82) is 0 Å². The SMILES string of the molecule is CNC(=O)NC(=O)[C@H](Sc1nnc(-c2ccc(Cl)cc2)n1N)c1ccccc1. The van der Waals surface area contributed by atoms with Gasteiger partial charge in [0.05, 0.1) is 0 Å². The summed E-state index contributed by atoms with van der Waals surface area (Å²) >= 11 is 7.01. The van der Waals surface area contributed by atoms with E-state index >= 15 is 0 Å². The van der Waals surface area contributed by atoms with Gasteiger partial charge in [-0.1, -0.05) is 53.7 Å². The van der Waals surface area contributed by atoms with Crippen molar-refractivity contribution >= 4 is 35.3 Å². The van der Waals surface area contributed by atoms with Gasteiger partial charge in [0.25, 0.3) is 0 Å². The molecule has 10 heteroatoms. The van der Waals surface area contributed by atoms with E-state index in [2.05, 4.69) is 20.8 Å². The number of nitrogens with zero attached hydrogens (tertiary/aromatic N) is 3. The van der Waals surface area contributed by atoms with Gasteiger partial charge in [0.2, 0.25) is 11.1 Å². The number of carbonyl (C=O) groups excluding carboxylic acids is 2. The Hall–Kier alpha value is -3.04. The maximum Gasteiger partial charge on any atom is 0.321 e. The lowest BCUT2D eigenvalue weighted by molar-refractivity contribution is -0.119. The number of hydrogen-bond donors (Lipinski definition) is 3. The zero-order valence-corrected chi connectivity index (χ0v) is 16.4. The molecule has 0 fully saturated rings. The average molecular weight is 417 g/mol. The van der Waals surface area contributed by atoms with Gasteiger partial charge in [-0.25, -0.2) is 9.47 Å². The maximum absolute atomic E-state index is 12.6. The second-order valence-corrected chi connectivity index (χ2v) is 7.17. The molecule has 4 N–H and O–H groups in total. The number of aromatic nitrogens is 3. The number of imide groups is 1. The van der Waals surface area contributed by atoms with Gasteiger partial charge in [0, 0.05) is 17.6 Å². The van der Waals surface area contributed by atoms with E-state index in [0.717, 1.165) is 17.3 Å². The molecule has 8 nitrogen and oxygen atoms in total. The molecular weight excluding hydrogens is 400 g/mol. The molecule has 0 radical (unpaired) electrons. The quantitative estimate of drug-likeness (QED) is 0.435. The Kier molecular flexibility index (Phi) is 6.17. The van der Waals surface area contributed by atoms with E-state index in [1.165, 1.54) is 11.7 Å². The molecule has 1 heterocycles. The van der Waals surface area contributed by atoms with E-state index in [1.807, 2.05) is 18.2 Å². The van der Waals surface area contributed by atoms with Gasteiger partial charge in [0.1, 0.15) is 5.25 Å². The van der Waals surface area contributed by atoms with Gasteiger partial charge < -0.3 is 11.2 Å². The average Bonchev–Trinajstić information content (AvgIpc) is 3.07. The van der Waals surface area contributed by atoms with Crippen molar-refractivity contribution < 1.29 is 9.59 Å².